The Morgan fingerprint density at radius 3 is 2.53 bits per heavy atom. The minimum Gasteiger partial charge on any atom is -0.369 e. The first kappa shape index (κ1) is 32.8. The highest BCUT2D eigenvalue weighted by Crippen LogP contribution is 2.36. The average molecular weight is 604 g/mol. The maximum absolute atomic E-state index is 13.8. The Bertz CT molecular complexity index is 1200. The van der Waals surface area contributed by atoms with Gasteiger partial charge in [-0.2, -0.15) is 18.2 Å². The zero-order valence-electron chi connectivity index (χ0n) is 26.1. The van der Waals surface area contributed by atoms with Gasteiger partial charge in [0.05, 0.1) is 0 Å². The summed E-state index contributed by atoms with van der Waals surface area (Å²) in [7, 11) is 2.12. The number of hydrogen-bond donors (Lipinski definition) is 2. The number of aryl methyl sites for hydroxylation is 1. The highest BCUT2D eigenvalue weighted by molar-refractivity contribution is 5.79. The molecule has 2 bridgehead atoms. The van der Waals surface area contributed by atoms with Crippen LogP contribution in [0.1, 0.15) is 70.4 Å². The molecule has 0 spiro atoms. The number of piperazine rings is 1. The van der Waals surface area contributed by atoms with E-state index in [-0.39, 0.29) is 30.1 Å². The van der Waals surface area contributed by atoms with E-state index in [0.29, 0.717) is 18.9 Å². The van der Waals surface area contributed by atoms with Crippen molar-refractivity contribution in [1.29, 1.82) is 0 Å². The van der Waals surface area contributed by atoms with E-state index in [1.165, 1.54) is 6.42 Å². The van der Waals surface area contributed by atoms with Crippen molar-refractivity contribution in [3.05, 3.63) is 35.5 Å². The minimum atomic E-state index is -4.59. The number of piperidine rings is 1. The molecule has 2 unspecified atom stereocenters. The first-order valence-corrected chi connectivity index (χ1v) is 16.0. The summed E-state index contributed by atoms with van der Waals surface area (Å²) in [6, 6.07) is 6.12. The molecule has 1 aromatic heterocycles. The van der Waals surface area contributed by atoms with E-state index in [2.05, 4.69) is 50.4 Å². The van der Waals surface area contributed by atoms with Gasteiger partial charge in [-0.05, 0) is 68.8 Å². The van der Waals surface area contributed by atoms with Gasteiger partial charge in [-0.3, -0.25) is 4.79 Å². The van der Waals surface area contributed by atoms with Gasteiger partial charge in [0.25, 0.3) is 0 Å². The van der Waals surface area contributed by atoms with Crippen molar-refractivity contribution in [3.8, 4) is 0 Å². The molecular formula is C32H48F3N7O. The lowest BCUT2D eigenvalue weighted by Crippen LogP contribution is -2.45. The smallest absolute Gasteiger partial charge is 0.369 e. The molecule has 2 saturated heterocycles. The fraction of sp³-hybridized carbons (Fsp3) is 0.656. The molecule has 5 rings (SSSR count). The normalized spacial score (nSPS) is 21.1. The standard InChI is InChI=1S/C30H42F3N7O.C2H6/c1-3-22-18-24(39-15-13-38(2)14-16-39)9-10-26(22)36-29-35-19-25(30(31,32)33)27(37-29)34-11-6-12-40-20-21-7-4-5-8-23(17-21)28(40)41;1-2/h9-10,18-19,21,23H,3-8,11-17,20H2,1-2H3,(H2,34,35,36,37);1-2H3. The zero-order chi connectivity index (χ0) is 31.0. The van der Waals surface area contributed by atoms with Gasteiger partial charge < -0.3 is 25.3 Å². The first-order chi connectivity index (χ1) is 20.7. The van der Waals surface area contributed by atoms with Crippen molar-refractivity contribution in [2.75, 3.05) is 68.4 Å². The average Bonchev–Trinajstić information content (AvgIpc) is 3.21. The van der Waals surface area contributed by atoms with Crippen LogP contribution in [0.3, 0.4) is 0 Å². The van der Waals surface area contributed by atoms with Crippen molar-refractivity contribution in [1.82, 2.24) is 19.8 Å². The third-order valence-electron chi connectivity index (χ3n) is 8.75. The van der Waals surface area contributed by atoms with Gasteiger partial charge in [0, 0.05) is 69.3 Å². The minimum absolute atomic E-state index is 0.109. The molecule has 2 aliphatic heterocycles. The molecule has 11 heteroatoms. The molecule has 1 amide bonds. The molecule has 8 nitrogen and oxygen atoms in total. The summed E-state index contributed by atoms with van der Waals surface area (Å²) in [6.45, 7) is 11.6. The molecule has 0 radical (unpaired) electrons. The van der Waals surface area contributed by atoms with Crippen LogP contribution < -0.4 is 15.5 Å². The predicted molar refractivity (Wildman–Crippen MR) is 167 cm³/mol. The maximum Gasteiger partial charge on any atom is 0.421 e. The Balaban J connectivity index is 0.00000207. The van der Waals surface area contributed by atoms with Gasteiger partial charge in [0.15, 0.2) is 0 Å². The second kappa shape index (κ2) is 15.1. The first-order valence-electron chi connectivity index (χ1n) is 16.0. The fourth-order valence-electron chi connectivity index (χ4n) is 6.35. The number of aromatic nitrogens is 2. The number of alkyl halides is 3. The van der Waals surface area contributed by atoms with Crippen molar-refractivity contribution in [2.45, 2.75) is 71.9 Å². The molecule has 1 aromatic carbocycles. The Labute approximate surface area is 254 Å². The number of carbonyl (C=O) groups is 1. The lowest BCUT2D eigenvalue weighted by atomic mass is 9.87. The Morgan fingerprint density at radius 2 is 1.81 bits per heavy atom. The van der Waals surface area contributed by atoms with Crippen LogP contribution in [0.25, 0.3) is 0 Å². The summed E-state index contributed by atoms with van der Waals surface area (Å²) >= 11 is 0. The third kappa shape index (κ3) is 8.52. The second-order valence-corrected chi connectivity index (χ2v) is 11.7. The van der Waals surface area contributed by atoms with Crippen molar-refractivity contribution < 1.29 is 18.0 Å². The van der Waals surface area contributed by atoms with Gasteiger partial charge >= 0.3 is 6.18 Å². The quantitative estimate of drug-likeness (QED) is 0.321. The molecule has 3 aliphatic rings. The Kier molecular flexibility index (Phi) is 11.5. The van der Waals surface area contributed by atoms with Gasteiger partial charge in [-0.15, -0.1) is 0 Å². The molecule has 3 fully saturated rings. The van der Waals surface area contributed by atoms with Gasteiger partial charge in [0.1, 0.15) is 11.4 Å². The highest BCUT2D eigenvalue weighted by Gasteiger charge is 2.36. The third-order valence-corrected chi connectivity index (χ3v) is 8.75. The number of amides is 1. The number of nitrogens with one attached hydrogen (secondary N) is 2. The van der Waals surface area contributed by atoms with E-state index in [4.69, 9.17) is 0 Å². The molecule has 43 heavy (non-hydrogen) atoms. The number of carbonyl (C=O) groups excluding carboxylic acids is 1. The van der Waals surface area contributed by atoms with Crippen molar-refractivity contribution in [3.63, 3.8) is 0 Å². The number of anilines is 4. The predicted octanol–water partition coefficient (Wildman–Crippen LogP) is 6.42. The molecular weight excluding hydrogens is 555 g/mol. The Morgan fingerprint density at radius 1 is 1.07 bits per heavy atom. The number of fused-ring (bicyclic) bond motifs is 2. The molecule has 1 saturated carbocycles. The fourth-order valence-corrected chi connectivity index (χ4v) is 6.35. The van der Waals surface area contributed by atoms with Crippen LogP contribution in [0.4, 0.5) is 36.3 Å². The van der Waals surface area contributed by atoms with Gasteiger partial charge in [0.2, 0.25) is 11.9 Å². The lowest BCUT2D eigenvalue weighted by Gasteiger charge is -2.36. The van der Waals surface area contributed by atoms with Crippen LogP contribution in [-0.4, -0.2) is 78.5 Å². The number of nitrogens with zero attached hydrogens (tertiary/aromatic N) is 5. The van der Waals surface area contributed by atoms with E-state index in [0.717, 1.165) is 88.0 Å². The lowest BCUT2D eigenvalue weighted by molar-refractivity contribution is -0.140. The largest absolute Gasteiger partial charge is 0.421 e. The second-order valence-electron chi connectivity index (χ2n) is 11.7. The summed E-state index contributed by atoms with van der Waals surface area (Å²) in [5, 5.41) is 6.03. The summed E-state index contributed by atoms with van der Waals surface area (Å²) in [5.41, 5.74) is 2.07. The number of likely N-dealkylation sites (tertiary alicyclic amines) is 1. The number of rotatable bonds is 9. The van der Waals surface area contributed by atoms with Crippen LogP contribution >= 0.6 is 0 Å². The van der Waals surface area contributed by atoms with E-state index >= 15 is 0 Å². The summed E-state index contributed by atoms with van der Waals surface area (Å²) in [5.74, 6) is 0.723. The van der Waals surface area contributed by atoms with Gasteiger partial charge in [-0.25, -0.2) is 4.98 Å². The molecule has 2 atom stereocenters. The van der Waals surface area contributed by atoms with Crippen LogP contribution in [0.2, 0.25) is 0 Å². The number of likely N-dealkylation sites (N-methyl/N-ethyl adjacent to an activating group) is 1. The molecule has 2 aromatic rings. The van der Waals surface area contributed by atoms with E-state index in [9.17, 15) is 18.0 Å². The van der Waals surface area contributed by atoms with E-state index < -0.39 is 11.7 Å². The summed E-state index contributed by atoms with van der Waals surface area (Å²) < 4.78 is 41.4. The zero-order valence-corrected chi connectivity index (χ0v) is 26.1. The molecule has 2 N–H and O–H groups in total. The number of hydrogen-bond acceptors (Lipinski definition) is 7. The monoisotopic (exact) mass is 603 g/mol. The van der Waals surface area contributed by atoms with Crippen LogP contribution in [0.15, 0.2) is 24.4 Å². The number of benzene rings is 1. The SMILES string of the molecule is CC.CCc1cc(N2CCN(C)CC2)ccc1Nc1ncc(C(F)(F)F)c(NCCCN2CC3CCCCC(C3)C2=O)n1. The van der Waals surface area contributed by atoms with Crippen LogP contribution in [0, 0.1) is 11.8 Å². The Hall–Kier alpha value is -3.08. The van der Waals surface area contributed by atoms with Crippen LogP contribution in [-0.2, 0) is 17.4 Å². The highest BCUT2D eigenvalue weighted by atomic mass is 19.4. The van der Waals surface area contributed by atoms with E-state index in [1.807, 2.05) is 30.9 Å². The molecule has 1 aliphatic carbocycles. The maximum atomic E-state index is 13.8. The molecule has 3 heterocycles. The number of halogens is 3. The van der Waals surface area contributed by atoms with Gasteiger partial charge in [-0.1, -0.05) is 33.6 Å². The summed E-state index contributed by atoms with van der Waals surface area (Å²) in [6.07, 6.45) is 2.92. The topological polar surface area (TPSA) is 76.6 Å². The van der Waals surface area contributed by atoms with Crippen molar-refractivity contribution >= 4 is 29.0 Å². The van der Waals surface area contributed by atoms with Crippen LogP contribution in [0.5, 0.6) is 0 Å². The molecule has 238 valence electrons. The summed E-state index contributed by atoms with van der Waals surface area (Å²) in [4.78, 5) is 27.7. The van der Waals surface area contributed by atoms with Crippen molar-refractivity contribution in [2.24, 2.45) is 11.8 Å². The van der Waals surface area contributed by atoms with E-state index in [1.54, 1.807) is 0 Å².